The predicted octanol–water partition coefficient (Wildman–Crippen LogP) is 3.07. The van der Waals surface area contributed by atoms with Gasteiger partial charge in [-0.3, -0.25) is 4.79 Å². The summed E-state index contributed by atoms with van der Waals surface area (Å²) in [5, 5.41) is 2.70. The third-order valence-electron chi connectivity index (χ3n) is 3.99. The lowest BCUT2D eigenvalue weighted by atomic mass is 10.00. The Hall–Kier alpha value is -1.46. The first-order valence-electron chi connectivity index (χ1n) is 7.31. The van der Waals surface area contributed by atoms with Gasteiger partial charge in [0, 0.05) is 16.2 Å². The van der Waals surface area contributed by atoms with Gasteiger partial charge in [0.2, 0.25) is 0 Å². The highest BCUT2D eigenvalue weighted by molar-refractivity contribution is 7.99. The maximum absolute atomic E-state index is 11.9. The first kappa shape index (κ1) is 14.5. The maximum Gasteiger partial charge on any atom is 0.326 e. The Morgan fingerprint density at radius 3 is 3.10 bits per heavy atom. The van der Waals surface area contributed by atoms with Crippen LogP contribution in [0.25, 0.3) is 10.9 Å². The summed E-state index contributed by atoms with van der Waals surface area (Å²) in [6.07, 6.45) is 2.31. The zero-order valence-electron chi connectivity index (χ0n) is 12.1. The largest absolute Gasteiger partial charge is 0.465 e. The molecule has 4 nitrogen and oxygen atoms in total. The fourth-order valence-corrected chi connectivity index (χ4v) is 4.22. The average molecular weight is 304 g/mol. The number of esters is 1. The molecule has 1 aliphatic carbocycles. The van der Waals surface area contributed by atoms with Crippen LogP contribution in [0.15, 0.2) is 35.4 Å². The fraction of sp³-hybridized carbons (Fsp3) is 0.438. The van der Waals surface area contributed by atoms with Crippen LogP contribution in [0.3, 0.4) is 0 Å². The average Bonchev–Trinajstić information content (AvgIpc) is 3.03. The van der Waals surface area contributed by atoms with Gasteiger partial charge in [-0.1, -0.05) is 18.2 Å². The monoisotopic (exact) mass is 304 g/mol. The Morgan fingerprint density at radius 1 is 1.52 bits per heavy atom. The molecule has 1 fully saturated rings. The molecule has 0 radical (unpaired) electrons. The molecule has 5 heteroatoms. The molecule has 0 spiro atoms. The lowest BCUT2D eigenvalue weighted by Crippen LogP contribution is -2.47. The van der Waals surface area contributed by atoms with Gasteiger partial charge in [0.05, 0.1) is 11.6 Å². The minimum atomic E-state index is -0.806. The molecule has 112 valence electrons. The molecule has 1 aliphatic rings. The van der Waals surface area contributed by atoms with E-state index in [4.69, 9.17) is 10.5 Å². The van der Waals surface area contributed by atoms with E-state index in [1.165, 1.54) is 5.39 Å². The number of thioether (sulfide) groups is 1. The van der Waals surface area contributed by atoms with Crippen molar-refractivity contribution < 1.29 is 9.53 Å². The van der Waals surface area contributed by atoms with Gasteiger partial charge in [-0.25, -0.2) is 0 Å². The van der Waals surface area contributed by atoms with Crippen molar-refractivity contribution in [3.63, 3.8) is 0 Å². The minimum Gasteiger partial charge on any atom is -0.465 e. The Bertz CT molecular complexity index is 622. The molecular formula is C16H20N2O2S. The van der Waals surface area contributed by atoms with Gasteiger partial charge < -0.3 is 15.5 Å². The number of nitrogens with one attached hydrogen (secondary N) is 1. The number of rotatable bonds is 4. The van der Waals surface area contributed by atoms with Crippen molar-refractivity contribution in [2.24, 2.45) is 5.73 Å². The van der Waals surface area contributed by atoms with Crippen molar-refractivity contribution in [1.82, 2.24) is 4.98 Å². The minimum absolute atomic E-state index is 0.259. The van der Waals surface area contributed by atoms with E-state index in [9.17, 15) is 4.79 Å². The Labute approximate surface area is 128 Å². The molecule has 0 amide bonds. The topological polar surface area (TPSA) is 68.1 Å². The van der Waals surface area contributed by atoms with Crippen LogP contribution in [-0.2, 0) is 9.53 Å². The number of fused-ring (bicyclic) bond motifs is 1. The summed E-state index contributed by atoms with van der Waals surface area (Å²) in [4.78, 5) is 15.4. The lowest BCUT2D eigenvalue weighted by molar-refractivity contribution is -0.149. The quantitative estimate of drug-likeness (QED) is 0.852. The van der Waals surface area contributed by atoms with Gasteiger partial charge in [-0.15, -0.1) is 11.8 Å². The molecule has 1 saturated carbocycles. The van der Waals surface area contributed by atoms with E-state index in [1.54, 1.807) is 11.8 Å². The number of para-hydroxylation sites is 1. The third kappa shape index (κ3) is 2.94. The Kier molecular flexibility index (Phi) is 3.95. The standard InChI is InChI=1S/C16H20N2O2S/c1-2-20-15(19)16(17)8-7-12(10-16)21-14-9-11-5-3-4-6-13(11)18-14/h3-6,9,12,18H,2,7-8,10,17H2,1H3. The number of H-pyrrole nitrogens is 1. The molecular weight excluding hydrogens is 284 g/mol. The van der Waals surface area contributed by atoms with E-state index in [0.29, 0.717) is 24.7 Å². The molecule has 2 unspecified atom stereocenters. The van der Waals surface area contributed by atoms with Crippen LogP contribution < -0.4 is 5.73 Å². The summed E-state index contributed by atoms with van der Waals surface area (Å²) in [6, 6.07) is 10.4. The Balaban J connectivity index is 1.68. The summed E-state index contributed by atoms with van der Waals surface area (Å²) in [5.41, 5.74) is 6.54. The van der Waals surface area contributed by atoms with Gasteiger partial charge in [0.25, 0.3) is 0 Å². The van der Waals surface area contributed by atoms with Crippen LogP contribution in [0, 0.1) is 0 Å². The SMILES string of the molecule is CCOC(=O)C1(N)CCC(Sc2cc3ccccc3[nH]2)C1. The molecule has 2 atom stereocenters. The number of hydrogen-bond donors (Lipinski definition) is 2. The van der Waals surface area contributed by atoms with Crippen molar-refractivity contribution in [3.05, 3.63) is 30.3 Å². The number of ether oxygens (including phenoxy) is 1. The number of carbonyl (C=O) groups excluding carboxylic acids is 1. The molecule has 1 aromatic heterocycles. The molecule has 21 heavy (non-hydrogen) atoms. The molecule has 1 heterocycles. The van der Waals surface area contributed by atoms with Gasteiger partial charge in [0.15, 0.2) is 0 Å². The summed E-state index contributed by atoms with van der Waals surface area (Å²) in [5.74, 6) is -0.259. The van der Waals surface area contributed by atoms with Crippen LogP contribution in [-0.4, -0.2) is 28.3 Å². The number of hydrogen-bond acceptors (Lipinski definition) is 4. The van der Waals surface area contributed by atoms with Crippen molar-refractivity contribution in [2.75, 3.05) is 6.61 Å². The predicted molar refractivity (Wildman–Crippen MR) is 85.3 cm³/mol. The van der Waals surface area contributed by atoms with Crippen molar-refractivity contribution in [2.45, 2.75) is 42.0 Å². The third-order valence-corrected chi connectivity index (χ3v) is 5.19. The summed E-state index contributed by atoms with van der Waals surface area (Å²) in [6.45, 7) is 2.20. The molecule has 1 aromatic carbocycles. The van der Waals surface area contributed by atoms with Gasteiger partial charge in [0.1, 0.15) is 5.54 Å². The molecule has 3 N–H and O–H groups in total. The normalized spacial score (nSPS) is 25.3. The van der Waals surface area contributed by atoms with E-state index in [1.807, 2.05) is 19.1 Å². The van der Waals surface area contributed by atoms with Crippen LogP contribution in [0.2, 0.25) is 0 Å². The second-order valence-corrected chi connectivity index (χ2v) is 6.92. The van der Waals surface area contributed by atoms with Crippen molar-refractivity contribution in [3.8, 4) is 0 Å². The molecule has 0 bridgehead atoms. The van der Waals surface area contributed by atoms with Crippen LogP contribution in [0.4, 0.5) is 0 Å². The highest BCUT2D eigenvalue weighted by atomic mass is 32.2. The number of nitrogens with two attached hydrogens (primary N) is 1. The van der Waals surface area contributed by atoms with Crippen molar-refractivity contribution >= 4 is 28.6 Å². The number of benzene rings is 1. The van der Waals surface area contributed by atoms with Crippen LogP contribution in [0.5, 0.6) is 0 Å². The van der Waals surface area contributed by atoms with Gasteiger partial charge in [-0.2, -0.15) is 0 Å². The number of aromatic amines is 1. The highest BCUT2D eigenvalue weighted by Gasteiger charge is 2.43. The summed E-state index contributed by atoms with van der Waals surface area (Å²) in [7, 11) is 0. The summed E-state index contributed by atoms with van der Waals surface area (Å²) < 4.78 is 5.09. The zero-order valence-corrected chi connectivity index (χ0v) is 12.9. The Morgan fingerprint density at radius 2 is 2.33 bits per heavy atom. The second kappa shape index (κ2) is 5.73. The highest BCUT2D eigenvalue weighted by Crippen LogP contribution is 2.40. The lowest BCUT2D eigenvalue weighted by Gasteiger charge is -2.21. The molecule has 2 aromatic rings. The molecule has 0 aliphatic heterocycles. The van der Waals surface area contributed by atoms with E-state index in [0.717, 1.165) is 17.0 Å². The van der Waals surface area contributed by atoms with E-state index in [2.05, 4.69) is 23.2 Å². The number of aromatic nitrogens is 1. The molecule has 3 rings (SSSR count). The van der Waals surface area contributed by atoms with E-state index >= 15 is 0 Å². The zero-order chi connectivity index (χ0) is 14.9. The van der Waals surface area contributed by atoms with Gasteiger partial charge in [-0.05, 0) is 38.3 Å². The maximum atomic E-state index is 11.9. The van der Waals surface area contributed by atoms with Gasteiger partial charge >= 0.3 is 5.97 Å². The molecule has 0 saturated heterocycles. The van der Waals surface area contributed by atoms with E-state index in [-0.39, 0.29) is 5.97 Å². The van der Waals surface area contributed by atoms with Crippen LogP contribution >= 0.6 is 11.8 Å². The van der Waals surface area contributed by atoms with Crippen LogP contribution in [0.1, 0.15) is 26.2 Å². The second-order valence-electron chi connectivity index (χ2n) is 5.58. The fourth-order valence-electron chi connectivity index (χ4n) is 2.88. The first-order valence-corrected chi connectivity index (χ1v) is 8.19. The first-order chi connectivity index (χ1) is 10.1. The van der Waals surface area contributed by atoms with E-state index < -0.39 is 5.54 Å². The number of carbonyl (C=O) groups is 1. The smallest absolute Gasteiger partial charge is 0.326 e. The summed E-state index contributed by atoms with van der Waals surface area (Å²) >= 11 is 1.77. The van der Waals surface area contributed by atoms with Crippen molar-refractivity contribution in [1.29, 1.82) is 0 Å².